The van der Waals surface area contributed by atoms with Crippen molar-refractivity contribution in [1.82, 2.24) is 34.7 Å². The molecule has 1 atom stereocenters. The number of imidazole rings is 1. The lowest BCUT2D eigenvalue weighted by molar-refractivity contribution is 0.467. The van der Waals surface area contributed by atoms with Gasteiger partial charge in [0.25, 0.3) is 0 Å². The van der Waals surface area contributed by atoms with Crippen LogP contribution in [0.4, 0.5) is 11.5 Å². The lowest BCUT2D eigenvalue weighted by Crippen LogP contribution is -2.41. The smallest absolute Gasteiger partial charge is 0.171 e. The van der Waals surface area contributed by atoms with Crippen molar-refractivity contribution in [2.75, 3.05) is 23.7 Å². The maximum Gasteiger partial charge on any atom is 0.171 e. The summed E-state index contributed by atoms with van der Waals surface area (Å²) >= 11 is 6.46. The number of aromatic nitrogens is 7. The molecule has 5 N–H and O–H groups in total. The van der Waals surface area contributed by atoms with Gasteiger partial charge in [0.15, 0.2) is 17.3 Å². The van der Waals surface area contributed by atoms with E-state index < -0.39 is 5.54 Å². The molecule has 3 aromatic heterocycles. The summed E-state index contributed by atoms with van der Waals surface area (Å²) in [6.45, 7) is 5.80. The highest BCUT2D eigenvalue weighted by Gasteiger charge is 2.40. The third kappa shape index (κ3) is 3.29. The minimum Gasteiger partial charge on any atom is -0.382 e. The maximum absolute atomic E-state index is 6.65. The Morgan fingerprint density at radius 1 is 1.26 bits per heavy atom. The molecular weight excluding hydrogens is 416 g/mol. The Kier molecular flexibility index (Phi) is 4.60. The van der Waals surface area contributed by atoms with E-state index in [-0.39, 0.29) is 0 Å². The van der Waals surface area contributed by atoms with E-state index in [2.05, 4.69) is 41.6 Å². The molecular formula is C20H21ClN10. The van der Waals surface area contributed by atoms with Crippen molar-refractivity contribution in [3.63, 3.8) is 0 Å². The van der Waals surface area contributed by atoms with Crippen LogP contribution >= 0.6 is 11.6 Å². The number of anilines is 2. The van der Waals surface area contributed by atoms with E-state index >= 15 is 0 Å². The van der Waals surface area contributed by atoms with Gasteiger partial charge in [-0.3, -0.25) is 5.10 Å². The molecule has 0 aliphatic carbocycles. The topological polar surface area (TPSA) is 140 Å². The van der Waals surface area contributed by atoms with Crippen LogP contribution in [0.2, 0.25) is 5.02 Å². The fourth-order valence-electron chi connectivity index (χ4n) is 4.13. The Balaban J connectivity index is 1.56. The molecule has 4 aromatic rings. The summed E-state index contributed by atoms with van der Waals surface area (Å²) in [6.07, 6.45) is 7.22. The fraction of sp³-hybridized carbons (Fsp3) is 0.250. The highest BCUT2D eigenvalue weighted by Crippen LogP contribution is 2.36. The van der Waals surface area contributed by atoms with Crippen LogP contribution in [-0.4, -0.2) is 47.8 Å². The summed E-state index contributed by atoms with van der Waals surface area (Å²) < 4.78 is 1.94. The van der Waals surface area contributed by atoms with Crippen LogP contribution in [-0.2, 0) is 12.1 Å². The van der Waals surface area contributed by atoms with Crippen LogP contribution in [0.5, 0.6) is 0 Å². The lowest BCUT2D eigenvalue weighted by Gasteiger charge is -2.26. The van der Waals surface area contributed by atoms with E-state index in [1.807, 2.05) is 16.7 Å². The zero-order chi connectivity index (χ0) is 21.6. The summed E-state index contributed by atoms with van der Waals surface area (Å²) in [4.78, 5) is 19.2. The van der Waals surface area contributed by atoms with Crippen molar-refractivity contribution in [1.29, 1.82) is 0 Å². The average molecular weight is 437 g/mol. The monoisotopic (exact) mass is 436 g/mol. The first-order valence-corrected chi connectivity index (χ1v) is 10.1. The molecule has 0 saturated carbocycles. The predicted octanol–water partition coefficient (Wildman–Crippen LogP) is 1.94. The molecule has 158 valence electrons. The first-order chi connectivity index (χ1) is 15.0. The zero-order valence-electron chi connectivity index (χ0n) is 16.7. The van der Waals surface area contributed by atoms with E-state index in [4.69, 9.17) is 23.1 Å². The molecule has 1 aliphatic heterocycles. The summed E-state index contributed by atoms with van der Waals surface area (Å²) in [5, 5.41) is 7.58. The molecule has 0 radical (unpaired) electrons. The fourth-order valence-corrected chi connectivity index (χ4v) is 4.36. The van der Waals surface area contributed by atoms with Crippen molar-refractivity contribution in [3.8, 4) is 0 Å². The molecule has 10 nitrogen and oxygen atoms in total. The number of halogens is 1. The van der Waals surface area contributed by atoms with Crippen LogP contribution in [0.15, 0.2) is 37.7 Å². The predicted molar refractivity (Wildman–Crippen MR) is 119 cm³/mol. The van der Waals surface area contributed by atoms with E-state index in [9.17, 15) is 0 Å². The van der Waals surface area contributed by atoms with Gasteiger partial charge >= 0.3 is 0 Å². The minimum atomic E-state index is -0.642. The standard InChI is InChI=1S/C20H21ClN10/c1-2-12-5-13(21)6-15(30-4-3-20(23,8-30)19-26-10-28-29-19)14(12)7-31-11-27-16-17(22)24-9-25-18(16)31/h2,5-6,9-11H,1,3-4,7-8,23H2,(H2,22,24,25)(H,26,28,29). The van der Waals surface area contributed by atoms with E-state index in [0.717, 1.165) is 29.8 Å². The largest absolute Gasteiger partial charge is 0.382 e. The quantitative estimate of drug-likeness (QED) is 0.431. The molecule has 1 aliphatic rings. The third-order valence-electron chi connectivity index (χ3n) is 5.71. The maximum atomic E-state index is 6.65. The van der Waals surface area contributed by atoms with Gasteiger partial charge in [0.05, 0.1) is 18.4 Å². The molecule has 5 rings (SSSR count). The molecule has 11 heteroatoms. The normalized spacial score (nSPS) is 18.7. The second kappa shape index (κ2) is 7.33. The van der Waals surface area contributed by atoms with Crippen molar-refractivity contribution in [3.05, 3.63) is 59.7 Å². The van der Waals surface area contributed by atoms with Crippen LogP contribution in [0.25, 0.3) is 17.2 Å². The second-order valence-electron chi connectivity index (χ2n) is 7.65. The first-order valence-electron chi connectivity index (χ1n) is 9.75. The third-order valence-corrected chi connectivity index (χ3v) is 5.92. The Hall–Kier alpha value is -3.50. The summed E-state index contributed by atoms with van der Waals surface area (Å²) in [5.74, 6) is 0.957. The Morgan fingerprint density at radius 3 is 2.90 bits per heavy atom. The number of nitrogens with two attached hydrogens (primary N) is 2. The molecule has 0 amide bonds. The Bertz CT molecular complexity index is 1260. The van der Waals surface area contributed by atoms with Crippen LogP contribution in [0.1, 0.15) is 23.4 Å². The number of fused-ring (bicyclic) bond motifs is 1. The van der Waals surface area contributed by atoms with Gasteiger partial charge in [0, 0.05) is 29.4 Å². The SMILES string of the molecule is C=Cc1cc(Cl)cc(N2CCC(N)(c3nc[nH]n3)C2)c1Cn1cnc2c(N)ncnc21. The number of nitrogens with zero attached hydrogens (tertiary/aromatic N) is 7. The van der Waals surface area contributed by atoms with Crippen molar-refractivity contribution in [2.24, 2.45) is 5.73 Å². The van der Waals surface area contributed by atoms with E-state index in [1.54, 1.807) is 18.7 Å². The van der Waals surface area contributed by atoms with E-state index in [0.29, 0.717) is 40.9 Å². The summed E-state index contributed by atoms with van der Waals surface area (Å²) in [5.41, 5.74) is 16.1. The van der Waals surface area contributed by atoms with Gasteiger partial charge in [-0.1, -0.05) is 24.3 Å². The summed E-state index contributed by atoms with van der Waals surface area (Å²) in [6, 6.07) is 3.85. The summed E-state index contributed by atoms with van der Waals surface area (Å²) in [7, 11) is 0. The van der Waals surface area contributed by atoms with Gasteiger partial charge in [-0.15, -0.1) is 0 Å². The van der Waals surface area contributed by atoms with E-state index in [1.165, 1.54) is 6.33 Å². The van der Waals surface area contributed by atoms with Gasteiger partial charge in [-0.05, 0) is 24.1 Å². The number of aromatic amines is 1. The zero-order valence-corrected chi connectivity index (χ0v) is 17.4. The molecule has 4 heterocycles. The van der Waals surface area contributed by atoms with Crippen molar-refractivity contribution in [2.45, 2.75) is 18.5 Å². The van der Waals surface area contributed by atoms with Gasteiger partial charge in [0.2, 0.25) is 0 Å². The minimum absolute atomic E-state index is 0.350. The van der Waals surface area contributed by atoms with Gasteiger partial charge < -0.3 is 20.9 Å². The number of rotatable bonds is 5. The molecule has 0 spiro atoms. The number of nitrogen functional groups attached to an aromatic ring is 1. The van der Waals surface area contributed by atoms with Crippen LogP contribution < -0.4 is 16.4 Å². The van der Waals surface area contributed by atoms with Gasteiger partial charge in [0.1, 0.15) is 18.2 Å². The number of hydrogen-bond donors (Lipinski definition) is 3. The molecule has 1 saturated heterocycles. The molecule has 1 fully saturated rings. The highest BCUT2D eigenvalue weighted by atomic mass is 35.5. The number of benzene rings is 1. The van der Waals surface area contributed by atoms with Crippen molar-refractivity contribution < 1.29 is 0 Å². The highest BCUT2D eigenvalue weighted by molar-refractivity contribution is 6.31. The number of hydrogen-bond acceptors (Lipinski definition) is 8. The molecule has 0 bridgehead atoms. The number of nitrogens with one attached hydrogen (secondary N) is 1. The Morgan fingerprint density at radius 2 is 2.13 bits per heavy atom. The molecule has 1 aromatic carbocycles. The van der Waals surface area contributed by atoms with Crippen LogP contribution in [0, 0.1) is 0 Å². The second-order valence-corrected chi connectivity index (χ2v) is 8.09. The average Bonchev–Trinajstić information content (AvgIpc) is 3.50. The lowest BCUT2D eigenvalue weighted by atomic mass is 9.99. The number of H-pyrrole nitrogens is 1. The molecule has 31 heavy (non-hydrogen) atoms. The van der Waals surface area contributed by atoms with Crippen molar-refractivity contribution >= 4 is 40.3 Å². The molecule has 1 unspecified atom stereocenters. The first kappa shape index (κ1) is 19.5. The van der Waals surface area contributed by atoms with Crippen LogP contribution in [0.3, 0.4) is 0 Å². The van der Waals surface area contributed by atoms with Gasteiger partial charge in [-0.2, -0.15) is 5.10 Å². The van der Waals surface area contributed by atoms with Gasteiger partial charge in [-0.25, -0.2) is 19.9 Å². The Labute approximate surface area is 183 Å².